The summed E-state index contributed by atoms with van der Waals surface area (Å²) in [7, 11) is 0. The molecule has 0 saturated carbocycles. The van der Waals surface area contributed by atoms with Gasteiger partial charge in [-0.25, -0.2) is 4.39 Å². The normalized spacial score (nSPS) is 20.6. The van der Waals surface area contributed by atoms with Gasteiger partial charge in [-0.2, -0.15) is 5.06 Å². The van der Waals surface area contributed by atoms with Crippen LogP contribution in [0.4, 0.5) is 4.39 Å². The van der Waals surface area contributed by atoms with Crippen molar-refractivity contribution >= 4 is 16.8 Å². The Morgan fingerprint density at radius 3 is 2.24 bits per heavy atom. The number of nitrogens with one attached hydrogen (secondary N) is 2. The highest BCUT2D eigenvalue weighted by Crippen LogP contribution is 2.36. The number of amides is 1. The molecule has 5 aromatic rings. The summed E-state index contributed by atoms with van der Waals surface area (Å²) >= 11 is 0. The molecular weight excluding hydrogens is 527 g/mol. The van der Waals surface area contributed by atoms with Gasteiger partial charge >= 0.3 is 0 Å². The fraction of sp³-hybridized carbons (Fsp3) is 0.229. The Kier molecular flexibility index (Phi) is 7.30. The molecule has 0 bridgehead atoms. The molecule has 2 N–H and O–H groups in total. The predicted molar refractivity (Wildman–Crippen MR) is 162 cm³/mol. The van der Waals surface area contributed by atoms with E-state index in [0.29, 0.717) is 18.2 Å². The van der Waals surface area contributed by atoms with Crippen LogP contribution in [0.5, 0.6) is 0 Å². The molecule has 0 radical (unpaired) electrons. The smallest absolute Gasteiger partial charge is 0.268 e. The Balaban J connectivity index is 1.13. The summed E-state index contributed by atoms with van der Waals surface area (Å²) in [6, 6.07) is 35.0. The van der Waals surface area contributed by atoms with E-state index >= 15 is 0 Å². The lowest BCUT2D eigenvalue weighted by atomic mass is 10.0. The summed E-state index contributed by atoms with van der Waals surface area (Å²) in [4.78, 5) is 26.1. The molecule has 4 aromatic carbocycles. The molecule has 3 heterocycles. The van der Waals surface area contributed by atoms with Gasteiger partial charge in [0.25, 0.3) is 5.91 Å². The number of aromatic nitrogens is 1. The number of rotatable bonds is 8. The standard InChI is InChI=1S/C35H33FN4O2/c36-28-17-15-26(16-18-28)32-29-13-7-8-14-30(29)38-33(32)35(41)37-19-31-34-27(22-39(31)20-24-9-3-1-4-10-24)23-40(42-34)21-25-11-5-2-6-12-25/h1-18,27,31,34,38H,19-23H2,(H,37,41)/t27-,31-,34+/m1/s1. The van der Waals surface area contributed by atoms with Crippen LogP contribution in [0.25, 0.3) is 22.0 Å². The average molecular weight is 561 g/mol. The number of carbonyl (C=O) groups is 1. The van der Waals surface area contributed by atoms with E-state index in [-0.39, 0.29) is 23.9 Å². The summed E-state index contributed by atoms with van der Waals surface area (Å²) in [6.07, 6.45) is -0.0167. The predicted octanol–water partition coefficient (Wildman–Crippen LogP) is 6.02. The molecule has 42 heavy (non-hydrogen) atoms. The van der Waals surface area contributed by atoms with Gasteiger partial charge in [-0.3, -0.25) is 14.5 Å². The van der Waals surface area contributed by atoms with Crippen LogP contribution in [-0.2, 0) is 17.9 Å². The zero-order valence-electron chi connectivity index (χ0n) is 23.2. The van der Waals surface area contributed by atoms with Crippen LogP contribution in [0.15, 0.2) is 109 Å². The lowest BCUT2D eigenvalue weighted by Gasteiger charge is -2.29. The molecule has 2 fully saturated rings. The molecule has 0 unspecified atom stereocenters. The van der Waals surface area contributed by atoms with Crippen molar-refractivity contribution in [3.63, 3.8) is 0 Å². The Bertz CT molecular complexity index is 1670. The zero-order valence-corrected chi connectivity index (χ0v) is 23.2. The highest BCUT2D eigenvalue weighted by atomic mass is 19.1. The zero-order chi connectivity index (χ0) is 28.5. The van der Waals surface area contributed by atoms with Gasteiger partial charge in [0.05, 0.1) is 6.04 Å². The van der Waals surface area contributed by atoms with Gasteiger partial charge < -0.3 is 10.3 Å². The van der Waals surface area contributed by atoms with Crippen molar-refractivity contribution < 1.29 is 14.0 Å². The van der Waals surface area contributed by atoms with E-state index in [9.17, 15) is 9.18 Å². The number of carbonyl (C=O) groups excluding carboxylic acids is 1. The molecule has 2 aliphatic rings. The van der Waals surface area contributed by atoms with Gasteiger partial charge in [-0.15, -0.1) is 0 Å². The Morgan fingerprint density at radius 1 is 0.833 bits per heavy atom. The first-order chi connectivity index (χ1) is 20.6. The van der Waals surface area contributed by atoms with E-state index in [2.05, 4.69) is 68.8 Å². The number of halogens is 1. The topological polar surface area (TPSA) is 60.6 Å². The fourth-order valence-corrected chi connectivity index (χ4v) is 6.51. The van der Waals surface area contributed by atoms with Crippen molar-refractivity contribution in [1.29, 1.82) is 0 Å². The number of hydrogen-bond acceptors (Lipinski definition) is 4. The molecule has 0 spiro atoms. The number of H-pyrrole nitrogens is 1. The number of fused-ring (bicyclic) bond motifs is 2. The highest BCUT2D eigenvalue weighted by Gasteiger charge is 2.48. The summed E-state index contributed by atoms with van der Waals surface area (Å²) in [6.45, 7) is 3.74. The van der Waals surface area contributed by atoms with E-state index in [1.807, 2.05) is 36.4 Å². The van der Waals surface area contributed by atoms with Crippen molar-refractivity contribution in [2.45, 2.75) is 25.2 Å². The second-order valence-corrected chi connectivity index (χ2v) is 11.3. The number of hydroxylamine groups is 2. The maximum absolute atomic E-state index is 13.8. The van der Waals surface area contributed by atoms with Gasteiger partial charge in [-0.1, -0.05) is 91.0 Å². The van der Waals surface area contributed by atoms with Crippen LogP contribution in [0.2, 0.25) is 0 Å². The van der Waals surface area contributed by atoms with Crippen molar-refractivity contribution in [1.82, 2.24) is 20.3 Å². The molecule has 1 aromatic heterocycles. The minimum atomic E-state index is -0.309. The van der Waals surface area contributed by atoms with Gasteiger partial charge in [0.1, 0.15) is 17.6 Å². The van der Waals surface area contributed by atoms with E-state index in [1.165, 1.54) is 23.3 Å². The Labute approximate surface area is 244 Å². The van der Waals surface area contributed by atoms with Crippen LogP contribution in [-0.4, -0.2) is 52.6 Å². The Hall–Kier alpha value is -4.30. The van der Waals surface area contributed by atoms with Gasteiger partial charge in [0.15, 0.2) is 0 Å². The number of hydrogen-bond donors (Lipinski definition) is 2. The number of aromatic amines is 1. The van der Waals surface area contributed by atoms with E-state index in [0.717, 1.165) is 48.2 Å². The van der Waals surface area contributed by atoms with Crippen molar-refractivity contribution in [2.75, 3.05) is 19.6 Å². The summed E-state index contributed by atoms with van der Waals surface area (Å²) in [5.74, 6) is -0.147. The number of nitrogens with zero attached hydrogens (tertiary/aromatic N) is 2. The molecular formula is C35H33FN4O2. The summed E-state index contributed by atoms with van der Waals surface area (Å²) in [5, 5.41) is 6.23. The molecule has 7 heteroatoms. The third kappa shape index (κ3) is 5.34. The third-order valence-electron chi connectivity index (χ3n) is 8.46. The first-order valence-electron chi connectivity index (χ1n) is 14.5. The van der Waals surface area contributed by atoms with Gasteiger partial charge in [0.2, 0.25) is 0 Å². The van der Waals surface area contributed by atoms with E-state index in [1.54, 1.807) is 12.1 Å². The molecule has 7 rings (SSSR count). The summed E-state index contributed by atoms with van der Waals surface area (Å²) < 4.78 is 13.7. The van der Waals surface area contributed by atoms with Crippen LogP contribution < -0.4 is 5.32 Å². The van der Waals surface area contributed by atoms with Crippen LogP contribution in [0.3, 0.4) is 0 Å². The lowest BCUT2D eigenvalue weighted by Crippen LogP contribution is -2.46. The average Bonchev–Trinajstić information content (AvgIpc) is 3.68. The third-order valence-corrected chi connectivity index (χ3v) is 8.46. The molecule has 212 valence electrons. The molecule has 0 aliphatic carbocycles. The van der Waals surface area contributed by atoms with Crippen molar-refractivity contribution in [2.24, 2.45) is 5.92 Å². The number of likely N-dealkylation sites (tertiary alicyclic amines) is 1. The largest absolute Gasteiger partial charge is 0.350 e. The first kappa shape index (κ1) is 26.6. The molecule has 1 amide bonds. The maximum atomic E-state index is 13.8. The maximum Gasteiger partial charge on any atom is 0.268 e. The SMILES string of the molecule is O=C(NC[C@@H]1[C@H]2ON(Cc3ccccc3)C[C@H]2CN1Cc1ccccc1)c1[nH]c2ccccc2c1-c1ccc(F)cc1. The molecule has 3 atom stereocenters. The van der Waals surface area contributed by atoms with E-state index in [4.69, 9.17) is 4.84 Å². The molecule has 6 nitrogen and oxygen atoms in total. The second-order valence-electron chi connectivity index (χ2n) is 11.3. The number of para-hydroxylation sites is 1. The minimum Gasteiger partial charge on any atom is -0.350 e. The van der Waals surface area contributed by atoms with Crippen molar-refractivity contribution in [3.05, 3.63) is 132 Å². The van der Waals surface area contributed by atoms with Crippen LogP contribution in [0, 0.1) is 11.7 Å². The minimum absolute atomic E-state index is 0.0126. The lowest BCUT2D eigenvalue weighted by molar-refractivity contribution is -0.164. The highest BCUT2D eigenvalue weighted by molar-refractivity contribution is 6.09. The van der Waals surface area contributed by atoms with Crippen molar-refractivity contribution in [3.8, 4) is 11.1 Å². The van der Waals surface area contributed by atoms with Gasteiger partial charge in [-0.05, 0) is 34.9 Å². The number of benzene rings is 4. The fourth-order valence-electron chi connectivity index (χ4n) is 6.51. The van der Waals surface area contributed by atoms with Crippen LogP contribution >= 0.6 is 0 Å². The second kappa shape index (κ2) is 11.5. The summed E-state index contributed by atoms with van der Waals surface area (Å²) in [5.41, 5.74) is 5.37. The molecule has 2 saturated heterocycles. The molecule has 2 aliphatic heterocycles. The van der Waals surface area contributed by atoms with Gasteiger partial charge in [0, 0.05) is 55.1 Å². The van der Waals surface area contributed by atoms with Crippen LogP contribution in [0.1, 0.15) is 21.6 Å². The Morgan fingerprint density at radius 2 is 1.50 bits per heavy atom. The first-order valence-corrected chi connectivity index (χ1v) is 14.5. The van der Waals surface area contributed by atoms with E-state index < -0.39 is 0 Å². The monoisotopic (exact) mass is 560 g/mol. The quantitative estimate of drug-likeness (QED) is 0.244.